The normalized spacial score (nSPS) is 14.6. The maximum absolute atomic E-state index is 4.44. The Morgan fingerprint density at radius 1 is 1.21 bits per heavy atom. The molecule has 0 saturated carbocycles. The molecule has 0 unspecified atom stereocenters. The van der Waals surface area contributed by atoms with Crippen molar-refractivity contribution in [3.05, 3.63) is 66.2 Å². The molecule has 1 fully saturated rings. The maximum Gasteiger partial charge on any atom is 0.233 e. The van der Waals surface area contributed by atoms with Gasteiger partial charge >= 0.3 is 0 Å². The number of allylic oxidation sites excluding steroid dienone is 2. The minimum Gasteiger partial charge on any atom is -0.378 e. The fraction of sp³-hybridized carbons (Fsp3) is 0.364. The summed E-state index contributed by atoms with van der Waals surface area (Å²) in [5, 5.41) is 2.95. The number of nitrogens with one attached hydrogen (secondary N) is 1. The first-order valence-corrected chi connectivity index (χ1v) is 9.89. The average molecular weight is 392 g/mol. The van der Waals surface area contributed by atoms with Gasteiger partial charge in [0.15, 0.2) is 0 Å². The Labute approximate surface area is 172 Å². The van der Waals surface area contributed by atoms with Gasteiger partial charge in [0.05, 0.1) is 5.69 Å². The van der Waals surface area contributed by atoms with Gasteiger partial charge in [-0.1, -0.05) is 12.7 Å². The van der Waals surface area contributed by atoms with E-state index in [0.717, 1.165) is 22.4 Å². The summed E-state index contributed by atoms with van der Waals surface area (Å²) in [6.07, 6.45) is 15.2. The molecule has 0 aromatic carbocycles. The molecule has 0 spiro atoms. The standard InChI is InChI=1S/C15H16N6.C7H13N/c1-4-12(13-8-18-14(16-3)20-10(13)2)11-7-19-15-17-5-6-21(15)9-11;1-7-5-3-4-6-8(7)2/h4-9H,1-3H3,(H,16,18,20);1,3-6H2,2H3/b12-4-;. The highest BCUT2D eigenvalue weighted by Gasteiger charge is 2.11. The Bertz CT molecular complexity index is 1020. The third-order valence-corrected chi connectivity index (χ3v) is 5.09. The van der Waals surface area contributed by atoms with Crippen LogP contribution in [0.4, 0.5) is 5.95 Å². The molecule has 1 N–H and O–H groups in total. The molecule has 1 aliphatic heterocycles. The summed E-state index contributed by atoms with van der Waals surface area (Å²) >= 11 is 0. The maximum atomic E-state index is 4.44. The number of fused-ring (bicyclic) bond motifs is 1. The number of nitrogens with zero attached hydrogens (tertiary/aromatic N) is 6. The van der Waals surface area contributed by atoms with Crippen molar-refractivity contribution in [2.45, 2.75) is 33.1 Å². The minimum atomic E-state index is 0.620. The molecule has 1 saturated heterocycles. The van der Waals surface area contributed by atoms with Crippen LogP contribution in [0, 0.1) is 6.92 Å². The van der Waals surface area contributed by atoms with Crippen molar-refractivity contribution >= 4 is 17.3 Å². The van der Waals surface area contributed by atoms with Crippen LogP contribution in [0.25, 0.3) is 11.4 Å². The smallest absolute Gasteiger partial charge is 0.233 e. The number of anilines is 1. The van der Waals surface area contributed by atoms with Crippen LogP contribution in [0.1, 0.15) is 43.0 Å². The Hall–Kier alpha value is -3.22. The number of rotatable bonds is 3. The van der Waals surface area contributed by atoms with Gasteiger partial charge in [-0.25, -0.2) is 19.9 Å². The van der Waals surface area contributed by atoms with Crippen LogP contribution in [-0.4, -0.2) is 49.9 Å². The fourth-order valence-corrected chi connectivity index (χ4v) is 3.31. The first-order chi connectivity index (χ1) is 14.0. The monoisotopic (exact) mass is 391 g/mol. The molecular formula is C22H29N7. The lowest BCUT2D eigenvalue weighted by Gasteiger charge is -2.26. The summed E-state index contributed by atoms with van der Waals surface area (Å²) in [6.45, 7) is 9.10. The largest absolute Gasteiger partial charge is 0.378 e. The topological polar surface area (TPSA) is 71.2 Å². The number of hydrogen-bond acceptors (Lipinski definition) is 6. The molecule has 0 radical (unpaired) electrons. The number of piperidine rings is 1. The third-order valence-electron chi connectivity index (χ3n) is 5.09. The van der Waals surface area contributed by atoms with E-state index in [1.807, 2.05) is 56.2 Å². The Kier molecular flexibility index (Phi) is 6.59. The van der Waals surface area contributed by atoms with Gasteiger partial charge < -0.3 is 10.2 Å². The van der Waals surface area contributed by atoms with Crippen molar-refractivity contribution in [3.63, 3.8) is 0 Å². The van der Waals surface area contributed by atoms with Gasteiger partial charge in [-0.3, -0.25) is 4.40 Å². The summed E-state index contributed by atoms with van der Waals surface area (Å²) in [5.41, 5.74) is 5.28. The van der Waals surface area contributed by atoms with Crippen molar-refractivity contribution in [2.75, 3.05) is 26.0 Å². The predicted octanol–water partition coefficient (Wildman–Crippen LogP) is 3.94. The lowest BCUT2D eigenvalue weighted by molar-refractivity contribution is 0.347. The van der Waals surface area contributed by atoms with Crippen molar-refractivity contribution < 1.29 is 0 Å². The molecule has 3 aromatic heterocycles. The summed E-state index contributed by atoms with van der Waals surface area (Å²) in [5.74, 6) is 1.31. The fourth-order valence-electron chi connectivity index (χ4n) is 3.31. The zero-order valence-electron chi connectivity index (χ0n) is 17.7. The van der Waals surface area contributed by atoms with Crippen molar-refractivity contribution in [2.24, 2.45) is 0 Å². The SMILES string of the molecule is C/C=C(/c1cnc2nccn2c1)c1cnc(NC)nc1C.C=C1CCCCN1C. The van der Waals surface area contributed by atoms with Gasteiger partial charge in [-0.2, -0.15) is 0 Å². The van der Waals surface area contributed by atoms with E-state index >= 15 is 0 Å². The third kappa shape index (κ3) is 4.80. The number of aryl methyl sites for hydroxylation is 1. The van der Waals surface area contributed by atoms with Crippen LogP contribution in [0.3, 0.4) is 0 Å². The second kappa shape index (κ2) is 9.32. The summed E-state index contributed by atoms with van der Waals surface area (Å²) in [6, 6.07) is 0. The number of imidazole rings is 1. The highest BCUT2D eigenvalue weighted by molar-refractivity contribution is 5.80. The quantitative estimate of drug-likeness (QED) is 0.729. The average Bonchev–Trinajstić information content (AvgIpc) is 3.20. The molecule has 4 heterocycles. The highest BCUT2D eigenvalue weighted by atomic mass is 15.1. The van der Waals surface area contributed by atoms with Gasteiger partial charge in [0.1, 0.15) is 0 Å². The van der Waals surface area contributed by atoms with E-state index in [1.165, 1.54) is 31.5 Å². The second-order valence-corrected chi connectivity index (χ2v) is 7.07. The second-order valence-electron chi connectivity index (χ2n) is 7.07. The van der Waals surface area contributed by atoms with Gasteiger partial charge in [0.25, 0.3) is 0 Å². The van der Waals surface area contributed by atoms with E-state index in [2.05, 4.69) is 43.8 Å². The van der Waals surface area contributed by atoms with Crippen molar-refractivity contribution in [1.82, 2.24) is 29.2 Å². The summed E-state index contributed by atoms with van der Waals surface area (Å²) in [7, 11) is 3.92. The summed E-state index contributed by atoms with van der Waals surface area (Å²) < 4.78 is 1.90. The molecule has 4 rings (SSSR count). The molecule has 0 atom stereocenters. The van der Waals surface area contributed by atoms with Crippen LogP contribution < -0.4 is 5.32 Å². The molecule has 3 aromatic rings. The van der Waals surface area contributed by atoms with Crippen LogP contribution in [0.15, 0.2) is 49.3 Å². The molecule has 0 amide bonds. The Morgan fingerprint density at radius 3 is 2.66 bits per heavy atom. The van der Waals surface area contributed by atoms with Crippen LogP contribution in [0.2, 0.25) is 0 Å². The van der Waals surface area contributed by atoms with Crippen molar-refractivity contribution in [1.29, 1.82) is 0 Å². The lowest BCUT2D eigenvalue weighted by atomic mass is 10.0. The Balaban J connectivity index is 0.000000252. The minimum absolute atomic E-state index is 0.620. The van der Waals surface area contributed by atoms with Gasteiger partial charge in [0, 0.05) is 68.4 Å². The van der Waals surface area contributed by atoms with E-state index in [9.17, 15) is 0 Å². The molecule has 0 aliphatic carbocycles. The molecule has 7 heteroatoms. The molecule has 152 valence electrons. The summed E-state index contributed by atoms with van der Waals surface area (Å²) in [4.78, 5) is 19.5. The van der Waals surface area contributed by atoms with Gasteiger partial charge in [-0.15, -0.1) is 0 Å². The van der Waals surface area contributed by atoms with E-state index in [4.69, 9.17) is 0 Å². The first-order valence-electron chi connectivity index (χ1n) is 9.89. The number of aromatic nitrogens is 5. The van der Waals surface area contributed by atoms with E-state index in [-0.39, 0.29) is 0 Å². The van der Waals surface area contributed by atoms with E-state index in [0.29, 0.717) is 11.7 Å². The van der Waals surface area contributed by atoms with Gasteiger partial charge in [-0.05, 0) is 38.7 Å². The molecule has 1 aliphatic rings. The Morgan fingerprint density at radius 2 is 2.03 bits per heavy atom. The zero-order chi connectivity index (χ0) is 20.8. The van der Waals surface area contributed by atoms with E-state index < -0.39 is 0 Å². The number of likely N-dealkylation sites (tertiary alicyclic amines) is 1. The molecule has 0 bridgehead atoms. The van der Waals surface area contributed by atoms with E-state index in [1.54, 1.807) is 6.20 Å². The van der Waals surface area contributed by atoms with Crippen LogP contribution >= 0.6 is 0 Å². The molecule has 7 nitrogen and oxygen atoms in total. The highest BCUT2D eigenvalue weighted by Crippen LogP contribution is 2.25. The van der Waals surface area contributed by atoms with Crippen molar-refractivity contribution in [3.8, 4) is 0 Å². The predicted molar refractivity (Wildman–Crippen MR) is 118 cm³/mol. The molecular weight excluding hydrogens is 362 g/mol. The van der Waals surface area contributed by atoms with Crippen LogP contribution in [0.5, 0.6) is 0 Å². The molecule has 29 heavy (non-hydrogen) atoms. The zero-order valence-corrected chi connectivity index (χ0v) is 17.7. The number of hydrogen-bond donors (Lipinski definition) is 1. The van der Waals surface area contributed by atoms with Gasteiger partial charge in [0.2, 0.25) is 11.7 Å². The first kappa shape index (κ1) is 20.5. The van der Waals surface area contributed by atoms with Crippen LogP contribution in [-0.2, 0) is 0 Å². The lowest BCUT2D eigenvalue weighted by Crippen LogP contribution is -2.22.